The van der Waals surface area contributed by atoms with E-state index in [0.717, 1.165) is 30.3 Å². The molecule has 1 aliphatic heterocycles. The molecule has 2 atom stereocenters. The molecule has 0 radical (unpaired) electrons. The molecule has 1 heterocycles. The quantitative estimate of drug-likeness (QED) is 0.776. The largest absolute Gasteiger partial charge is 0.316 e. The number of rotatable bonds is 7. The third-order valence-corrected chi connectivity index (χ3v) is 7.62. The molecule has 2 fully saturated rings. The summed E-state index contributed by atoms with van der Waals surface area (Å²) < 4.78 is 25.1. The summed E-state index contributed by atoms with van der Waals surface area (Å²) in [6.45, 7) is 1.42. The predicted octanol–water partition coefficient (Wildman–Crippen LogP) is 2.31. The molecule has 0 aromatic carbocycles. The van der Waals surface area contributed by atoms with E-state index in [1.807, 2.05) is 7.05 Å². The highest BCUT2D eigenvalue weighted by Crippen LogP contribution is 2.31. The zero-order valence-electron chi connectivity index (χ0n) is 13.4. The van der Waals surface area contributed by atoms with E-state index in [-0.39, 0.29) is 0 Å². The second-order valence-corrected chi connectivity index (χ2v) is 9.91. The molecule has 1 aliphatic carbocycles. The van der Waals surface area contributed by atoms with Crippen molar-refractivity contribution in [1.29, 1.82) is 0 Å². The van der Waals surface area contributed by atoms with Gasteiger partial charge in [0.1, 0.15) is 0 Å². The SMILES string of the molecule is CNC(CSC1CCCC1)CC1CCCN(S(C)(=O)=O)C1. The van der Waals surface area contributed by atoms with E-state index >= 15 is 0 Å². The third-order valence-electron chi connectivity index (χ3n) is 4.81. The van der Waals surface area contributed by atoms with Crippen LogP contribution < -0.4 is 5.32 Å². The molecule has 124 valence electrons. The Hall–Kier alpha value is 0.220. The number of hydrogen-bond donors (Lipinski definition) is 1. The molecule has 2 rings (SSSR count). The van der Waals surface area contributed by atoms with Crippen LogP contribution in [0.4, 0.5) is 0 Å². The summed E-state index contributed by atoms with van der Waals surface area (Å²) in [7, 11) is -0.980. The molecule has 1 saturated carbocycles. The fraction of sp³-hybridized carbons (Fsp3) is 1.00. The van der Waals surface area contributed by atoms with Crippen molar-refractivity contribution in [3.8, 4) is 0 Å². The van der Waals surface area contributed by atoms with E-state index in [9.17, 15) is 8.42 Å². The lowest BCUT2D eigenvalue weighted by molar-refractivity contribution is 0.244. The van der Waals surface area contributed by atoms with E-state index in [2.05, 4.69) is 17.1 Å². The number of piperidine rings is 1. The van der Waals surface area contributed by atoms with Crippen LogP contribution in [0.15, 0.2) is 0 Å². The van der Waals surface area contributed by atoms with Gasteiger partial charge in [0.25, 0.3) is 0 Å². The van der Waals surface area contributed by atoms with E-state index in [1.54, 1.807) is 4.31 Å². The summed E-state index contributed by atoms with van der Waals surface area (Å²) in [4.78, 5) is 0. The van der Waals surface area contributed by atoms with Gasteiger partial charge in [-0.05, 0) is 45.1 Å². The maximum Gasteiger partial charge on any atom is 0.211 e. The van der Waals surface area contributed by atoms with Crippen molar-refractivity contribution in [2.24, 2.45) is 5.92 Å². The Morgan fingerprint density at radius 3 is 2.57 bits per heavy atom. The van der Waals surface area contributed by atoms with Gasteiger partial charge < -0.3 is 5.32 Å². The minimum Gasteiger partial charge on any atom is -0.316 e. The van der Waals surface area contributed by atoms with Crippen LogP contribution in [-0.4, -0.2) is 56.2 Å². The molecule has 2 aliphatic rings. The zero-order valence-corrected chi connectivity index (χ0v) is 15.0. The van der Waals surface area contributed by atoms with Crippen LogP contribution in [0.25, 0.3) is 0 Å². The molecule has 1 N–H and O–H groups in total. The van der Waals surface area contributed by atoms with Crippen molar-refractivity contribution < 1.29 is 8.42 Å². The first-order valence-corrected chi connectivity index (χ1v) is 11.1. The molecule has 0 spiro atoms. The maximum atomic E-state index is 11.7. The Balaban J connectivity index is 1.77. The number of thioether (sulfide) groups is 1. The maximum absolute atomic E-state index is 11.7. The average molecular weight is 335 g/mol. The molecule has 21 heavy (non-hydrogen) atoms. The second-order valence-electron chi connectivity index (χ2n) is 6.59. The van der Waals surface area contributed by atoms with Crippen LogP contribution in [-0.2, 0) is 10.0 Å². The van der Waals surface area contributed by atoms with Gasteiger partial charge in [-0.3, -0.25) is 0 Å². The summed E-state index contributed by atoms with van der Waals surface area (Å²) in [6.07, 6.45) is 10.2. The van der Waals surface area contributed by atoms with E-state index < -0.39 is 10.0 Å². The smallest absolute Gasteiger partial charge is 0.211 e. The van der Waals surface area contributed by atoms with Gasteiger partial charge in [-0.1, -0.05) is 12.8 Å². The summed E-state index contributed by atoms with van der Waals surface area (Å²) in [5.74, 6) is 1.67. The van der Waals surface area contributed by atoms with Crippen molar-refractivity contribution in [2.75, 3.05) is 32.1 Å². The van der Waals surface area contributed by atoms with E-state index in [1.165, 1.54) is 31.9 Å². The predicted molar refractivity (Wildman–Crippen MR) is 91.3 cm³/mol. The minimum absolute atomic E-state index is 0.509. The average Bonchev–Trinajstić information content (AvgIpc) is 2.96. The van der Waals surface area contributed by atoms with Crippen LogP contribution in [0.5, 0.6) is 0 Å². The van der Waals surface area contributed by atoms with Crippen molar-refractivity contribution in [3.05, 3.63) is 0 Å². The summed E-state index contributed by atoms with van der Waals surface area (Å²) in [6, 6.07) is 0.514. The highest BCUT2D eigenvalue weighted by molar-refractivity contribution is 7.99. The second kappa shape index (κ2) is 8.18. The lowest BCUT2D eigenvalue weighted by atomic mass is 9.93. The molecular weight excluding hydrogens is 304 g/mol. The van der Waals surface area contributed by atoms with Crippen LogP contribution in [0, 0.1) is 5.92 Å². The Labute approximate surface area is 134 Å². The molecule has 0 aromatic heterocycles. The van der Waals surface area contributed by atoms with Gasteiger partial charge in [-0.25, -0.2) is 12.7 Å². The Morgan fingerprint density at radius 2 is 1.95 bits per heavy atom. The number of nitrogens with one attached hydrogen (secondary N) is 1. The number of nitrogens with zero attached hydrogens (tertiary/aromatic N) is 1. The topological polar surface area (TPSA) is 49.4 Å². The van der Waals surface area contributed by atoms with Crippen LogP contribution in [0.2, 0.25) is 0 Å². The molecule has 0 aromatic rings. The number of hydrogen-bond acceptors (Lipinski definition) is 4. The first-order chi connectivity index (χ1) is 9.99. The zero-order chi connectivity index (χ0) is 15.3. The standard InChI is InChI=1S/C15H30N2O2S2/c1-16-14(12-20-15-7-3-4-8-15)10-13-6-5-9-17(11-13)21(2,18)19/h13-16H,3-12H2,1-2H3. The van der Waals surface area contributed by atoms with Crippen molar-refractivity contribution in [2.45, 2.75) is 56.2 Å². The summed E-state index contributed by atoms with van der Waals surface area (Å²) >= 11 is 2.12. The van der Waals surface area contributed by atoms with Gasteiger partial charge in [0, 0.05) is 30.1 Å². The molecule has 4 nitrogen and oxygen atoms in total. The van der Waals surface area contributed by atoms with Gasteiger partial charge in [-0.15, -0.1) is 0 Å². The molecule has 2 unspecified atom stereocenters. The Kier molecular flexibility index (Phi) is 6.84. The van der Waals surface area contributed by atoms with Crippen molar-refractivity contribution >= 4 is 21.8 Å². The van der Waals surface area contributed by atoms with Crippen molar-refractivity contribution in [3.63, 3.8) is 0 Å². The Bertz CT molecular complexity index is 408. The van der Waals surface area contributed by atoms with Gasteiger partial charge in [0.2, 0.25) is 10.0 Å². The third kappa shape index (κ3) is 5.73. The molecule has 6 heteroatoms. The van der Waals surface area contributed by atoms with Crippen LogP contribution in [0.3, 0.4) is 0 Å². The van der Waals surface area contributed by atoms with Gasteiger partial charge in [-0.2, -0.15) is 11.8 Å². The lowest BCUT2D eigenvalue weighted by Crippen LogP contribution is -2.42. The van der Waals surface area contributed by atoms with Crippen molar-refractivity contribution in [1.82, 2.24) is 9.62 Å². The van der Waals surface area contributed by atoms with Crippen LogP contribution in [0.1, 0.15) is 44.9 Å². The molecular formula is C15H30N2O2S2. The minimum atomic E-state index is -3.02. The summed E-state index contributed by atoms with van der Waals surface area (Å²) in [5, 5.41) is 4.30. The fourth-order valence-electron chi connectivity index (χ4n) is 3.50. The van der Waals surface area contributed by atoms with Gasteiger partial charge in [0.15, 0.2) is 0 Å². The lowest BCUT2D eigenvalue weighted by Gasteiger charge is -2.33. The highest BCUT2D eigenvalue weighted by Gasteiger charge is 2.27. The van der Waals surface area contributed by atoms with E-state index in [0.29, 0.717) is 25.0 Å². The van der Waals surface area contributed by atoms with E-state index in [4.69, 9.17) is 0 Å². The normalized spacial score (nSPS) is 27.0. The first kappa shape index (κ1) is 17.6. The first-order valence-electron chi connectivity index (χ1n) is 8.23. The summed E-state index contributed by atoms with van der Waals surface area (Å²) in [5.41, 5.74) is 0. The Morgan fingerprint density at radius 1 is 1.24 bits per heavy atom. The fourth-order valence-corrected chi connectivity index (χ4v) is 5.92. The molecule has 0 bridgehead atoms. The molecule has 1 saturated heterocycles. The van der Waals surface area contributed by atoms with Crippen LogP contribution >= 0.6 is 11.8 Å². The monoisotopic (exact) mass is 334 g/mol. The van der Waals surface area contributed by atoms with Gasteiger partial charge >= 0.3 is 0 Å². The highest BCUT2D eigenvalue weighted by atomic mass is 32.2. The molecule has 0 amide bonds. The van der Waals surface area contributed by atoms with Gasteiger partial charge in [0.05, 0.1) is 6.26 Å². The number of sulfonamides is 1.